The highest BCUT2D eigenvalue weighted by molar-refractivity contribution is 7.89. The summed E-state index contributed by atoms with van der Waals surface area (Å²) < 4.78 is 32.4. The average molecular weight is 498 g/mol. The van der Waals surface area contributed by atoms with Crippen LogP contribution in [0.25, 0.3) is 0 Å². The van der Waals surface area contributed by atoms with Crippen LogP contribution < -0.4 is 15.6 Å². The average Bonchev–Trinajstić information content (AvgIpc) is 2.85. The molecule has 11 heteroatoms. The number of rotatable bonds is 7. The van der Waals surface area contributed by atoms with Gasteiger partial charge in [-0.15, -0.1) is 0 Å². The van der Waals surface area contributed by atoms with E-state index in [1.54, 1.807) is 19.2 Å². The third kappa shape index (κ3) is 5.94. The molecule has 0 atom stereocenters. The van der Waals surface area contributed by atoms with Gasteiger partial charge in [-0.25, -0.2) is 13.4 Å². The smallest absolute Gasteiger partial charge is 0.274 e. The van der Waals surface area contributed by atoms with E-state index < -0.39 is 21.5 Å². The highest BCUT2D eigenvalue weighted by atomic mass is 32.2. The van der Waals surface area contributed by atoms with E-state index >= 15 is 0 Å². The number of aromatic nitrogens is 2. The van der Waals surface area contributed by atoms with Crippen molar-refractivity contribution < 1.29 is 17.9 Å². The van der Waals surface area contributed by atoms with Crippen LogP contribution in [0, 0.1) is 0 Å². The number of carbonyl (C=O) groups excluding carboxylic acids is 1. The molecule has 1 fully saturated rings. The van der Waals surface area contributed by atoms with Crippen LogP contribution in [0.3, 0.4) is 0 Å². The number of hydrogen-bond donors (Lipinski definition) is 2. The van der Waals surface area contributed by atoms with Crippen molar-refractivity contribution in [1.29, 1.82) is 0 Å². The number of carbonyl (C=O) groups is 1. The first-order valence-corrected chi connectivity index (χ1v) is 12.5. The molecule has 2 heterocycles. The number of nitrogens with zero attached hydrogens (tertiary/aromatic N) is 3. The standard InChI is InChI=1S/C24H27N5O5S/c1-28-11-13-29(14-12-28)35(32,33)20-9-5-18(6-10-20)25-24(31)21-16-23(30)27-22(26-21)15-17-3-7-19(34-2)8-4-17/h3-10,16H,11-15H2,1-2H3,(H,25,31)(H,26,27,30). The number of ether oxygens (including phenoxy) is 1. The summed E-state index contributed by atoms with van der Waals surface area (Å²) in [5, 5.41) is 2.67. The van der Waals surface area contributed by atoms with Gasteiger partial charge in [-0.3, -0.25) is 9.59 Å². The molecule has 0 saturated carbocycles. The molecule has 1 amide bonds. The molecule has 2 aromatic carbocycles. The fourth-order valence-corrected chi connectivity index (χ4v) is 5.15. The Bertz CT molecular complexity index is 1350. The van der Waals surface area contributed by atoms with Crippen LogP contribution in [0.15, 0.2) is 64.3 Å². The summed E-state index contributed by atoms with van der Waals surface area (Å²) in [6, 6.07) is 14.4. The summed E-state index contributed by atoms with van der Waals surface area (Å²) in [6.45, 7) is 2.23. The second-order valence-electron chi connectivity index (χ2n) is 8.29. The van der Waals surface area contributed by atoms with Crippen LogP contribution in [0.5, 0.6) is 5.75 Å². The van der Waals surface area contributed by atoms with Crippen LogP contribution >= 0.6 is 0 Å². The van der Waals surface area contributed by atoms with Crippen molar-refractivity contribution in [1.82, 2.24) is 19.2 Å². The molecule has 0 bridgehead atoms. The summed E-state index contributed by atoms with van der Waals surface area (Å²) in [5.74, 6) is 0.494. The normalized spacial score (nSPS) is 15.0. The predicted octanol–water partition coefficient (Wildman–Crippen LogP) is 1.56. The minimum Gasteiger partial charge on any atom is -0.497 e. The Labute approximate surface area is 203 Å². The van der Waals surface area contributed by atoms with Crippen LogP contribution in [-0.2, 0) is 16.4 Å². The number of piperazine rings is 1. The highest BCUT2D eigenvalue weighted by Gasteiger charge is 2.27. The Morgan fingerprint density at radius 2 is 1.71 bits per heavy atom. The molecule has 0 unspecified atom stereocenters. The second-order valence-corrected chi connectivity index (χ2v) is 10.2. The van der Waals surface area contributed by atoms with E-state index in [0.717, 1.165) is 11.6 Å². The SMILES string of the molecule is COc1ccc(Cc2nc(C(=O)Nc3ccc(S(=O)(=O)N4CCN(C)CC4)cc3)cc(=O)[nH]2)cc1. The van der Waals surface area contributed by atoms with Gasteiger partial charge in [0.25, 0.3) is 11.5 Å². The number of sulfonamides is 1. The van der Waals surface area contributed by atoms with Crippen molar-refractivity contribution in [3.8, 4) is 5.75 Å². The van der Waals surface area contributed by atoms with Gasteiger partial charge in [-0.1, -0.05) is 12.1 Å². The molecule has 35 heavy (non-hydrogen) atoms. The monoisotopic (exact) mass is 497 g/mol. The van der Waals surface area contributed by atoms with Crippen LogP contribution in [0.4, 0.5) is 5.69 Å². The molecular formula is C24H27N5O5S. The van der Waals surface area contributed by atoms with E-state index in [2.05, 4.69) is 20.2 Å². The largest absolute Gasteiger partial charge is 0.497 e. The van der Waals surface area contributed by atoms with E-state index in [-0.39, 0.29) is 10.6 Å². The van der Waals surface area contributed by atoms with Gasteiger partial charge in [0.15, 0.2) is 0 Å². The molecule has 10 nitrogen and oxygen atoms in total. The summed E-state index contributed by atoms with van der Waals surface area (Å²) in [5.41, 5.74) is 0.809. The number of benzene rings is 2. The predicted molar refractivity (Wildman–Crippen MR) is 131 cm³/mol. The maximum atomic E-state index is 12.9. The lowest BCUT2D eigenvalue weighted by molar-refractivity contribution is 0.102. The molecule has 1 aliphatic rings. The zero-order valence-electron chi connectivity index (χ0n) is 19.5. The lowest BCUT2D eigenvalue weighted by atomic mass is 10.1. The molecule has 4 rings (SSSR count). The lowest BCUT2D eigenvalue weighted by Gasteiger charge is -2.31. The third-order valence-electron chi connectivity index (χ3n) is 5.77. The van der Waals surface area contributed by atoms with E-state index in [1.165, 1.54) is 28.6 Å². The van der Waals surface area contributed by atoms with Gasteiger partial charge in [-0.05, 0) is 49.0 Å². The Hall–Kier alpha value is -3.54. The zero-order valence-corrected chi connectivity index (χ0v) is 20.3. The Morgan fingerprint density at radius 3 is 2.34 bits per heavy atom. The molecule has 2 N–H and O–H groups in total. The molecule has 3 aromatic rings. The number of H-pyrrole nitrogens is 1. The number of nitrogens with one attached hydrogen (secondary N) is 2. The molecule has 184 valence electrons. The van der Waals surface area contributed by atoms with E-state index in [1.807, 2.05) is 19.2 Å². The van der Waals surface area contributed by atoms with Crippen molar-refractivity contribution in [2.75, 3.05) is 45.7 Å². The first-order chi connectivity index (χ1) is 16.7. The van der Waals surface area contributed by atoms with E-state index in [4.69, 9.17) is 4.74 Å². The quantitative estimate of drug-likeness (QED) is 0.508. The van der Waals surface area contributed by atoms with Gasteiger partial charge >= 0.3 is 0 Å². The van der Waals surface area contributed by atoms with Crippen LogP contribution in [0.1, 0.15) is 21.9 Å². The fourth-order valence-electron chi connectivity index (χ4n) is 3.73. The minimum absolute atomic E-state index is 0.0357. The van der Waals surface area contributed by atoms with Gasteiger partial charge in [0.2, 0.25) is 10.0 Å². The number of methoxy groups -OCH3 is 1. The minimum atomic E-state index is -3.60. The third-order valence-corrected chi connectivity index (χ3v) is 7.68. The van der Waals surface area contributed by atoms with E-state index in [9.17, 15) is 18.0 Å². The first kappa shape index (κ1) is 24.6. The molecule has 0 spiro atoms. The second kappa shape index (κ2) is 10.4. The molecule has 0 aliphatic carbocycles. The summed E-state index contributed by atoms with van der Waals surface area (Å²) in [7, 11) is -0.0633. The Kier molecular flexibility index (Phi) is 7.29. The summed E-state index contributed by atoms with van der Waals surface area (Å²) in [6.07, 6.45) is 0.333. The Morgan fingerprint density at radius 1 is 1.06 bits per heavy atom. The molecule has 1 saturated heterocycles. The molecule has 0 radical (unpaired) electrons. The molecule has 1 aliphatic heterocycles. The number of hydrogen-bond acceptors (Lipinski definition) is 7. The Balaban J connectivity index is 1.45. The fraction of sp³-hybridized carbons (Fsp3) is 0.292. The van der Waals surface area contributed by atoms with Gasteiger partial charge in [0, 0.05) is 44.4 Å². The zero-order chi connectivity index (χ0) is 25.0. The van der Waals surface area contributed by atoms with Crippen molar-refractivity contribution in [2.45, 2.75) is 11.3 Å². The van der Waals surface area contributed by atoms with Gasteiger partial charge in [0.05, 0.1) is 12.0 Å². The van der Waals surface area contributed by atoms with E-state index in [0.29, 0.717) is 49.9 Å². The van der Waals surface area contributed by atoms with Crippen LogP contribution in [-0.4, -0.2) is 73.8 Å². The van der Waals surface area contributed by atoms with Crippen molar-refractivity contribution >= 4 is 21.6 Å². The van der Waals surface area contributed by atoms with Crippen molar-refractivity contribution in [2.24, 2.45) is 0 Å². The lowest BCUT2D eigenvalue weighted by Crippen LogP contribution is -2.46. The summed E-state index contributed by atoms with van der Waals surface area (Å²) in [4.78, 5) is 34.0. The van der Waals surface area contributed by atoms with Crippen molar-refractivity contribution in [3.63, 3.8) is 0 Å². The first-order valence-electron chi connectivity index (χ1n) is 11.1. The van der Waals surface area contributed by atoms with Gasteiger partial charge in [-0.2, -0.15) is 4.31 Å². The highest BCUT2D eigenvalue weighted by Crippen LogP contribution is 2.20. The summed E-state index contributed by atoms with van der Waals surface area (Å²) >= 11 is 0. The number of likely N-dealkylation sites (N-methyl/N-ethyl adjacent to an activating group) is 1. The number of aromatic amines is 1. The number of anilines is 1. The van der Waals surface area contributed by atoms with Gasteiger partial charge < -0.3 is 19.9 Å². The topological polar surface area (TPSA) is 125 Å². The van der Waals surface area contributed by atoms with Crippen molar-refractivity contribution in [3.05, 3.63) is 82.0 Å². The number of amides is 1. The van der Waals surface area contributed by atoms with Gasteiger partial charge in [0.1, 0.15) is 17.3 Å². The maximum absolute atomic E-state index is 12.9. The van der Waals surface area contributed by atoms with Crippen LogP contribution in [0.2, 0.25) is 0 Å². The molecule has 1 aromatic heterocycles. The maximum Gasteiger partial charge on any atom is 0.274 e. The molecular weight excluding hydrogens is 470 g/mol.